The molecule has 1 saturated heterocycles. The van der Waals surface area contributed by atoms with Crippen molar-refractivity contribution in [2.45, 2.75) is 13.0 Å². The van der Waals surface area contributed by atoms with Gasteiger partial charge < -0.3 is 14.2 Å². The summed E-state index contributed by atoms with van der Waals surface area (Å²) in [5.41, 5.74) is 2.31. The molecular formula is C12H17NO3. The summed E-state index contributed by atoms with van der Waals surface area (Å²) in [5, 5.41) is 3.17. The van der Waals surface area contributed by atoms with E-state index < -0.39 is 0 Å². The van der Waals surface area contributed by atoms with Gasteiger partial charge in [0.2, 0.25) is 0 Å². The molecule has 0 aliphatic carbocycles. The molecule has 1 aromatic rings. The fraction of sp³-hybridized carbons (Fsp3) is 0.500. The number of hydrogen-bond acceptors (Lipinski definition) is 4. The summed E-state index contributed by atoms with van der Waals surface area (Å²) in [6, 6.07) is 3.97. The second-order valence-corrected chi connectivity index (χ2v) is 3.82. The van der Waals surface area contributed by atoms with Crippen molar-refractivity contribution in [3.63, 3.8) is 0 Å². The standard InChI is InChI=1S/C12H17NO3/c1-8-4-10(14-2)11(15-3)5-9(8)12-6-13-7-16-12/h4-5,12-13H,6-7H2,1-3H3. The Hall–Kier alpha value is -1.26. The van der Waals surface area contributed by atoms with Crippen LogP contribution < -0.4 is 14.8 Å². The molecule has 1 aliphatic heterocycles. The van der Waals surface area contributed by atoms with E-state index in [1.165, 1.54) is 0 Å². The van der Waals surface area contributed by atoms with E-state index in [9.17, 15) is 0 Å². The van der Waals surface area contributed by atoms with Crippen LogP contribution in [0.1, 0.15) is 17.2 Å². The van der Waals surface area contributed by atoms with Crippen molar-refractivity contribution in [3.05, 3.63) is 23.3 Å². The molecule has 4 heteroatoms. The van der Waals surface area contributed by atoms with Gasteiger partial charge in [-0.3, -0.25) is 5.32 Å². The van der Waals surface area contributed by atoms with Gasteiger partial charge in [-0.25, -0.2) is 0 Å². The first-order chi connectivity index (χ1) is 7.76. The normalized spacial score (nSPS) is 19.8. The molecule has 1 heterocycles. The summed E-state index contributed by atoms with van der Waals surface area (Å²) in [7, 11) is 3.29. The van der Waals surface area contributed by atoms with Gasteiger partial charge in [0, 0.05) is 6.54 Å². The molecule has 1 unspecified atom stereocenters. The van der Waals surface area contributed by atoms with Crippen molar-refractivity contribution >= 4 is 0 Å². The highest BCUT2D eigenvalue weighted by Crippen LogP contribution is 2.34. The van der Waals surface area contributed by atoms with Crippen LogP contribution in [0.25, 0.3) is 0 Å². The Morgan fingerprint density at radius 2 is 1.94 bits per heavy atom. The number of rotatable bonds is 3. The molecule has 1 aromatic carbocycles. The minimum Gasteiger partial charge on any atom is -0.493 e. The highest BCUT2D eigenvalue weighted by molar-refractivity contribution is 5.48. The molecule has 0 spiro atoms. The highest BCUT2D eigenvalue weighted by Gasteiger charge is 2.21. The van der Waals surface area contributed by atoms with Gasteiger partial charge in [-0.15, -0.1) is 0 Å². The predicted molar refractivity (Wildman–Crippen MR) is 61.0 cm³/mol. The number of hydrogen-bond donors (Lipinski definition) is 1. The molecule has 1 fully saturated rings. The minimum absolute atomic E-state index is 0.111. The van der Waals surface area contributed by atoms with E-state index in [1.807, 2.05) is 12.1 Å². The Balaban J connectivity index is 2.37. The van der Waals surface area contributed by atoms with Crippen LogP contribution in [0, 0.1) is 6.92 Å². The van der Waals surface area contributed by atoms with Crippen molar-refractivity contribution in [3.8, 4) is 11.5 Å². The Morgan fingerprint density at radius 3 is 2.50 bits per heavy atom. The molecule has 1 N–H and O–H groups in total. The number of benzene rings is 1. The fourth-order valence-electron chi connectivity index (χ4n) is 1.95. The highest BCUT2D eigenvalue weighted by atomic mass is 16.5. The maximum Gasteiger partial charge on any atom is 0.161 e. The summed E-state index contributed by atoms with van der Waals surface area (Å²) >= 11 is 0. The second-order valence-electron chi connectivity index (χ2n) is 3.82. The van der Waals surface area contributed by atoms with Crippen molar-refractivity contribution in [2.24, 2.45) is 0 Å². The molecule has 2 rings (SSSR count). The molecule has 0 radical (unpaired) electrons. The van der Waals surface area contributed by atoms with Gasteiger partial charge in [0.05, 0.1) is 27.1 Å². The van der Waals surface area contributed by atoms with Gasteiger partial charge in [0.1, 0.15) is 0 Å². The van der Waals surface area contributed by atoms with Crippen LogP contribution in [0.3, 0.4) is 0 Å². The summed E-state index contributed by atoms with van der Waals surface area (Å²) in [4.78, 5) is 0. The van der Waals surface area contributed by atoms with Crippen LogP contribution in [-0.2, 0) is 4.74 Å². The third-order valence-electron chi connectivity index (χ3n) is 2.84. The van der Waals surface area contributed by atoms with Gasteiger partial charge in [-0.1, -0.05) is 0 Å². The lowest BCUT2D eigenvalue weighted by molar-refractivity contribution is 0.113. The van der Waals surface area contributed by atoms with Crippen LogP contribution in [0.15, 0.2) is 12.1 Å². The maximum atomic E-state index is 5.59. The molecule has 0 saturated carbocycles. The molecule has 0 bridgehead atoms. The zero-order chi connectivity index (χ0) is 11.5. The first-order valence-corrected chi connectivity index (χ1v) is 5.31. The monoisotopic (exact) mass is 223 g/mol. The first-order valence-electron chi connectivity index (χ1n) is 5.31. The number of methoxy groups -OCH3 is 2. The van der Waals surface area contributed by atoms with E-state index in [-0.39, 0.29) is 6.10 Å². The Labute approximate surface area is 95.5 Å². The van der Waals surface area contributed by atoms with E-state index in [2.05, 4.69) is 12.2 Å². The van der Waals surface area contributed by atoms with Crippen molar-refractivity contribution in [1.29, 1.82) is 0 Å². The molecule has 1 aliphatic rings. The average molecular weight is 223 g/mol. The first kappa shape index (κ1) is 11.2. The molecular weight excluding hydrogens is 206 g/mol. The van der Waals surface area contributed by atoms with Crippen LogP contribution in [-0.4, -0.2) is 27.5 Å². The van der Waals surface area contributed by atoms with E-state index in [4.69, 9.17) is 14.2 Å². The van der Waals surface area contributed by atoms with Crippen molar-refractivity contribution in [2.75, 3.05) is 27.5 Å². The van der Waals surface area contributed by atoms with Crippen LogP contribution in [0.4, 0.5) is 0 Å². The van der Waals surface area contributed by atoms with Gasteiger partial charge in [0.25, 0.3) is 0 Å². The lowest BCUT2D eigenvalue weighted by atomic mass is 10.0. The second kappa shape index (κ2) is 4.72. The smallest absolute Gasteiger partial charge is 0.161 e. The topological polar surface area (TPSA) is 39.7 Å². The Bertz CT molecular complexity index is 373. The van der Waals surface area contributed by atoms with Crippen LogP contribution >= 0.6 is 0 Å². The molecule has 1 atom stereocenters. The summed E-state index contributed by atoms with van der Waals surface area (Å²) in [6.45, 7) is 3.51. The number of aryl methyl sites for hydroxylation is 1. The van der Waals surface area contributed by atoms with Gasteiger partial charge in [-0.05, 0) is 30.2 Å². The third kappa shape index (κ3) is 1.99. The Kier molecular flexibility index (Phi) is 3.31. The lowest BCUT2D eigenvalue weighted by Gasteiger charge is -2.16. The minimum atomic E-state index is 0.111. The summed E-state index contributed by atoms with van der Waals surface area (Å²) in [5.74, 6) is 1.51. The molecule has 88 valence electrons. The van der Waals surface area contributed by atoms with E-state index >= 15 is 0 Å². The van der Waals surface area contributed by atoms with Crippen molar-refractivity contribution < 1.29 is 14.2 Å². The van der Waals surface area contributed by atoms with Gasteiger partial charge >= 0.3 is 0 Å². The third-order valence-corrected chi connectivity index (χ3v) is 2.84. The maximum absolute atomic E-state index is 5.59. The van der Waals surface area contributed by atoms with Gasteiger partial charge in [0.15, 0.2) is 11.5 Å². The largest absolute Gasteiger partial charge is 0.493 e. The fourth-order valence-corrected chi connectivity index (χ4v) is 1.95. The van der Waals surface area contributed by atoms with Crippen LogP contribution in [0.2, 0.25) is 0 Å². The molecule has 4 nitrogen and oxygen atoms in total. The zero-order valence-corrected chi connectivity index (χ0v) is 9.87. The van der Waals surface area contributed by atoms with Crippen molar-refractivity contribution in [1.82, 2.24) is 5.32 Å². The average Bonchev–Trinajstić information content (AvgIpc) is 2.82. The van der Waals surface area contributed by atoms with E-state index in [1.54, 1.807) is 14.2 Å². The summed E-state index contributed by atoms with van der Waals surface area (Å²) in [6.07, 6.45) is 0.111. The quantitative estimate of drug-likeness (QED) is 0.845. The van der Waals surface area contributed by atoms with Gasteiger partial charge in [-0.2, -0.15) is 0 Å². The van der Waals surface area contributed by atoms with Crippen LogP contribution in [0.5, 0.6) is 11.5 Å². The van der Waals surface area contributed by atoms with E-state index in [0.29, 0.717) is 6.73 Å². The molecule has 16 heavy (non-hydrogen) atoms. The van der Waals surface area contributed by atoms with E-state index in [0.717, 1.165) is 29.2 Å². The molecule has 0 aromatic heterocycles. The number of nitrogens with one attached hydrogen (secondary N) is 1. The predicted octanol–water partition coefficient (Wildman–Crippen LogP) is 1.63. The zero-order valence-electron chi connectivity index (χ0n) is 9.87. The Morgan fingerprint density at radius 1 is 1.25 bits per heavy atom. The summed E-state index contributed by atoms with van der Waals surface area (Å²) < 4.78 is 16.1. The molecule has 0 amide bonds. The number of ether oxygens (including phenoxy) is 3. The lowest BCUT2D eigenvalue weighted by Crippen LogP contribution is -2.09. The SMILES string of the molecule is COc1cc(C)c(C2CNCO2)cc1OC.